The van der Waals surface area contributed by atoms with E-state index in [0.29, 0.717) is 19.4 Å². The Morgan fingerprint density at radius 1 is 1.39 bits per heavy atom. The van der Waals surface area contributed by atoms with Crippen LogP contribution in [-0.2, 0) is 14.3 Å². The molecule has 1 aliphatic carbocycles. The van der Waals surface area contributed by atoms with Crippen LogP contribution >= 0.6 is 0 Å². The Hall–Kier alpha value is -1.12. The second-order valence-corrected chi connectivity index (χ2v) is 4.87. The fourth-order valence-corrected chi connectivity index (χ4v) is 2.38. The number of carbonyl (C=O) groups is 2. The van der Waals surface area contributed by atoms with Crippen LogP contribution in [0.1, 0.15) is 58.8 Å². The summed E-state index contributed by atoms with van der Waals surface area (Å²) in [5.41, 5.74) is -0.984. The number of unbranched alkanes of at least 4 members (excludes halogenated alkanes) is 2. The Labute approximate surface area is 110 Å². The van der Waals surface area contributed by atoms with E-state index in [-0.39, 0.29) is 11.8 Å². The summed E-state index contributed by atoms with van der Waals surface area (Å²) >= 11 is 0. The zero-order valence-corrected chi connectivity index (χ0v) is 11.5. The minimum absolute atomic E-state index is 0.0277. The van der Waals surface area contributed by atoms with E-state index in [4.69, 9.17) is 4.74 Å². The van der Waals surface area contributed by atoms with Crippen LogP contribution in [0.25, 0.3) is 0 Å². The SMILES string of the molecule is CCCC/C=C/C1(C(=O)OCC)CCCCC1=O. The predicted molar refractivity (Wildman–Crippen MR) is 71.2 cm³/mol. The molecule has 1 unspecified atom stereocenters. The van der Waals surface area contributed by atoms with Crippen LogP contribution in [0.3, 0.4) is 0 Å². The van der Waals surface area contributed by atoms with Gasteiger partial charge in [-0.2, -0.15) is 0 Å². The smallest absolute Gasteiger partial charge is 0.323 e. The van der Waals surface area contributed by atoms with Crippen molar-refractivity contribution in [3.8, 4) is 0 Å². The lowest BCUT2D eigenvalue weighted by molar-refractivity contribution is -0.158. The molecule has 3 nitrogen and oxygen atoms in total. The number of hydrogen-bond donors (Lipinski definition) is 0. The van der Waals surface area contributed by atoms with Gasteiger partial charge in [-0.25, -0.2) is 0 Å². The molecule has 1 aliphatic rings. The highest BCUT2D eigenvalue weighted by Gasteiger charge is 2.45. The van der Waals surface area contributed by atoms with Crippen LogP contribution < -0.4 is 0 Å². The molecule has 1 fully saturated rings. The van der Waals surface area contributed by atoms with E-state index in [9.17, 15) is 9.59 Å². The maximum atomic E-state index is 12.1. The van der Waals surface area contributed by atoms with Crippen LogP contribution in [0.4, 0.5) is 0 Å². The number of allylic oxidation sites excluding steroid dienone is 1. The zero-order valence-electron chi connectivity index (χ0n) is 11.5. The molecule has 0 amide bonds. The van der Waals surface area contributed by atoms with Crippen LogP contribution in [0.15, 0.2) is 12.2 Å². The first-order valence-electron chi connectivity index (χ1n) is 7.05. The first-order valence-corrected chi connectivity index (χ1v) is 7.05. The molecule has 0 aromatic carbocycles. The average Bonchev–Trinajstić information content (AvgIpc) is 2.37. The van der Waals surface area contributed by atoms with Gasteiger partial charge < -0.3 is 4.74 Å². The number of carbonyl (C=O) groups excluding carboxylic acids is 2. The number of esters is 1. The Kier molecular flexibility index (Phi) is 6.10. The minimum Gasteiger partial charge on any atom is -0.465 e. The van der Waals surface area contributed by atoms with Gasteiger partial charge in [0, 0.05) is 6.42 Å². The molecule has 0 aromatic heterocycles. The molecule has 1 saturated carbocycles. The molecule has 0 aliphatic heterocycles. The van der Waals surface area contributed by atoms with Crippen molar-refractivity contribution >= 4 is 11.8 Å². The van der Waals surface area contributed by atoms with Crippen LogP contribution in [0.5, 0.6) is 0 Å². The van der Waals surface area contributed by atoms with Gasteiger partial charge in [-0.1, -0.05) is 38.3 Å². The third-order valence-corrected chi connectivity index (χ3v) is 3.49. The monoisotopic (exact) mass is 252 g/mol. The normalized spacial score (nSPS) is 24.4. The number of ketones is 1. The largest absolute Gasteiger partial charge is 0.465 e. The molecule has 0 spiro atoms. The number of ether oxygens (including phenoxy) is 1. The van der Waals surface area contributed by atoms with Crippen molar-refractivity contribution in [2.75, 3.05) is 6.61 Å². The van der Waals surface area contributed by atoms with Gasteiger partial charge in [-0.15, -0.1) is 0 Å². The lowest BCUT2D eigenvalue weighted by atomic mass is 9.72. The summed E-state index contributed by atoms with van der Waals surface area (Å²) in [7, 11) is 0. The van der Waals surface area contributed by atoms with E-state index in [0.717, 1.165) is 32.1 Å². The molecule has 0 aromatic rings. The van der Waals surface area contributed by atoms with Gasteiger partial charge in [-0.3, -0.25) is 9.59 Å². The van der Waals surface area contributed by atoms with Crippen molar-refractivity contribution in [3.63, 3.8) is 0 Å². The Morgan fingerprint density at radius 3 is 2.78 bits per heavy atom. The molecule has 0 radical (unpaired) electrons. The van der Waals surface area contributed by atoms with E-state index in [1.54, 1.807) is 6.92 Å². The standard InChI is InChI=1S/C15H24O3/c1-3-5-6-8-11-15(14(17)18-4-2)12-9-7-10-13(15)16/h8,11H,3-7,9-10,12H2,1-2H3/b11-8+. The molecule has 18 heavy (non-hydrogen) atoms. The fraction of sp³-hybridized carbons (Fsp3) is 0.733. The van der Waals surface area contributed by atoms with Crippen molar-refractivity contribution in [3.05, 3.63) is 12.2 Å². The van der Waals surface area contributed by atoms with E-state index in [1.165, 1.54) is 0 Å². The van der Waals surface area contributed by atoms with Gasteiger partial charge in [0.25, 0.3) is 0 Å². The second kappa shape index (κ2) is 7.34. The molecule has 0 saturated heterocycles. The van der Waals surface area contributed by atoms with Gasteiger partial charge in [0.1, 0.15) is 5.41 Å². The maximum absolute atomic E-state index is 12.1. The quantitative estimate of drug-likeness (QED) is 0.315. The molecule has 0 bridgehead atoms. The molecule has 0 N–H and O–H groups in total. The highest BCUT2D eigenvalue weighted by Crippen LogP contribution is 2.36. The summed E-state index contributed by atoms with van der Waals surface area (Å²) in [4.78, 5) is 24.2. The van der Waals surface area contributed by atoms with Gasteiger partial charge in [-0.05, 0) is 26.2 Å². The average molecular weight is 252 g/mol. The zero-order chi connectivity index (χ0) is 13.4. The lowest BCUT2D eigenvalue weighted by Gasteiger charge is -2.30. The summed E-state index contributed by atoms with van der Waals surface area (Å²) in [6.07, 6.45) is 9.82. The molecule has 0 heterocycles. The molecule has 102 valence electrons. The third kappa shape index (κ3) is 3.44. The second-order valence-electron chi connectivity index (χ2n) is 4.87. The topological polar surface area (TPSA) is 43.4 Å². The van der Waals surface area contributed by atoms with Crippen LogP contribution in [0, 0.1) is 5.41 Å². The first-order chi connectivity index (χ1) is 8.67. The maximum Gasteiger partial charge on any atom is 0.323 e. The van der Waals surface area contributed by atoms with Crippen LogP contribution in [0.2, 0.25) is 0 Å². The summed E-state index contributed by atoms with van der Waals surface area (Å²) < 4.78 is 5.10. The number of hydrogen-bond acceptors (Lipinski definition) is 3. The molecule has 1 atom stereocenters. The van der Waals surface area contributed by atoms with Crippen molar-refractivity contribution < 1.29 is 14.3 Å². The van der Waals surface area contributed by atoms with Crippen LogP contribution in [-0.4, -0.2) is 18.4 Å². The Balaban J connectivity index is 2.82. The minimum atomic E-state index is -0.984. The van der Waals surface area contributed by atoms with Gasteiger partial charge in [0.2, 0.25) is 0 Å². The molecule has 1 rings (SSSR count). The third-order valence-electron chi connectivity index (χ3n) is 3.49. The van der Waals surface area contributed by atoms with E-state index in [1.807, 2.05) is 12.2 Å². The number of rotatable bonds is 6. The van der Waals surface area contributed by atoms with E-state index in [2.05, 4.69) is 6.92 Å². The highest BCUT2D eigenvalue weighted by molar-refractivity contribution is 6.06. The lowest BCUT2D eigenvalue weighted by Crippen LogP contribution is -2.41. The molecule has 3 heteroatoms. The fourth-order valence-electron chi connectivity index (χ4n) is 2.38. The highest BCUT2D eigenvalue weighted by atomic mass is 16.5. The summed E-state index contributed by atoms with van der Waals surface area (Å²) in [5, 5.41) is 0. The number of Topliss-reactive ketones (excluding diaryl/α,β-unsaturated/α-hetero) is 1. The van der Waals surface area contributed by atoms with Gasteiger partial charge >= 0.3 is 5.97 Å². The summed E-state index contributed by atoms with van der Waals surface area (Å²) in [6, 6.07) is 0. The van der Waals surface area contributed by atoms with E-state index >= 15 is 0 Å². The summed E-state index contributed by atoms with van der Waals surface area (Å²) in [6.45, 7) is 4.23. The van der Waals surface area contributed by atoms with Gasteiger partial charge in [0.05, 0.1) is 6.61 Å². The Bertz CT molecular complexity index is 320. The van der Waals surface area contributed by atoms with Crippen molar-refractivity contribution in [2.24, 2.45) is 5.41 Å². The molecular weight excluding hydrogens is 228 g/mol. The van der Waals surface area contributed by atoms with Crippen molar-refractivity contribution in [1.82, 2.24) is 0 Å². The van der Waals surface area contributed by atoms with E-state index < -0.39 is 5.41 Å². The molecular formula is C15H24O3. The first kappa shape index (κ1) is 14.9. The summed E-state index contributed by atoms with van der Waals surface area (Å²) in [5.74, 6) is -0.331. The Morgan fingerprint density at radius 2 is 2.17 bits per heavy atom. The van der Waals surface area contributed by atoms with Crippen molar-refractivity contribution in [1.29, 1.82) is 0 Å². The predicted octanol–water partition coefficient (Wildman–Crippen LogP) is 3.43. The van der Waals surface area contributed by atoms with Crippen molar-refractivity contribution in [2.45, 2.75) is 58.8 Å². The van der Waals surface area contributed by atoms with Gasteiger partial charge in [0.15, 0.2) is 5.78 Å².